The van der Waals surface area contributed by atoms with Crippen LogP contribution in [0.5, 0.6) is 5.75 Å². The second-order valence-corrected chi connectivity index (χ2v) is 10.9. The smallest absolute Gasteiger partial charge is 0.404 e. The van der Waals surface area contributed by atoms with E-state index >= 15 is 0 Å². The molecule has 1 aliphatic rings. The van der Waals surface area contributed by atoms with Crippen molar-refractivity contribution in [1.29, 1.82) is 0 Å². The van der Waals surface area contributed by atoms with E-state index in [9.17, 15) is 31.2 Å². The van der Waals surface area contributed by atoms with Crippen LogP contribution in [0.3, 0.4) is 0 Å². The van der Waals surface area contributed by atoms with Gasteiger partial charge in [-0.15, -0.1) is 0 Å². The monoisotopic (exact) mass is 552 g/mol. The van der Waals surface area contributed by atoms with Gasteiger partial charge in [-0.1, -0.05) is 13.8 Å². The zero-order chi connectivity index (χ0) is 28.0. The minimum absolute atomic E-state index is 0.0348. The predicted molar refractivity (Wildman–Crippen MR) is 132 cm³/mol. The molecule has 210 valence electrons. The topological polar surface area (TPSA) is 117 Å². The first-order chi connectivity index (χ1) is 17.2. The Bertz CT molecular complexity index is 1050. The number of hydrogen-bond acceptors (Lipinski definition) is 6. The minimum Gasteiger partial charge on any atom is -0.491 e. The van der Waals surface area contributed by atoms with Gasteiger partial charge in [-0.05, 0) is 25.5 Å². The van der Waals surface area contributed by atoms with Crippen LogP contribution in [0, 0.1) is 5.92 Å². The van der Waals surface area contributed by atoms with E-state index in [4.69, 9.17) is 9.47 Å². The van der Waals surface area contributed by atoms with Gasteiger partial charge >= 0.3 is 12.2 Å². The molecule has 2 rings (SSSR count). The first-order valence-corrected chi connectivity index (χ1v) is 13.5. The molecule has 0 fully saturated rings. The lowest BCUT2D eigenvalue weighted by molar-refractivity contribution is -0.106. The molecule has 14 heteroatoms. The van der Waals surface area contributed by atoms with E-state index in [-0.39, 0.29) is 42.1 Å². The van der Waals surface area contributed by atoms with Crippen LogP contribution in [0.15, 0.2) is 18.2 Å². The van der Waals surface area contributed by atoms with Crippen LogP contribution in [-0.2, 0) is 14.8 Å². The number of likely N-dealkylation sites (N-methyl/N-ethyl adjacent to an activating group) is 1. The number of alkyl halides is 3. The van der Waals surface area contributed by atoms with Gasteiger partial charge in [0.15, 0.2) is 5.75 Å². The van der Waals surface area contributed by atoms with Crippen molar-refractivity contribution in [3.63, 3.8) is 0 Å². The van der Waals surface area contributed by atoms with Crippen molar-refractivity contribution in [1.82, 2.24) is 15.1 Å². The van der Waals surface area contributed by atoms with Crippen molar-refractivity contribution in [2.75, 3.05) is 50.9 Å². The predicted octanol–water partition coefficient (Wildman–Crippen LogP) is 2.92. The van der Waals surface area contributed by atoms with Crippen LogP contribution in [-0.4, -0.2) is 94.6 Å². The molecule has 0 aliphatic carbocycles. The number of hydrogen-bond donors (Lipinski definition) is 2. The summed E-state index contributed by atoms with van der Waals surface area (Å²) in [5, 5.41) is 2.84. The molecule has 0 saturated carbocycles. The number of nitrogens with zero attached hydrogens (tertiary/aromatic N) is 2. The van der Waals surface area contributed by atoms with Crippen molar-refractivity contribution in [2.24, 2.45) is 5.92 Å². The van der Waals surface area contributed by atoms with Crippen molar-refractivity contribution in [2.45, 2.75) is 45.5 Å². The van der Waals surface area contributed by atoms with E-state index < -0.39 is 40.0 Å². The van der Waals surface area contributed by atoms with Gasteiger partial charge < -0.3 is 24.6 Å². The third-order valence-corrected chi connectivity index (χ3v) is 7.11. The Hall–Kier alpha value is -2.74. The normalized spacial score (nSPS) is 21.8. The molecule has 1 aliphatic heterocycles. The molecule has 1 aromatic rings. The average molecular weight is 553 g/mol. The summed E-state index contributed by atoms with van der Waals surface area (Å²) >= 11 is 0. The molecule has 37 heavy (non-hydrogen) atoms. The van der Waals surface area contributed by atoms with Gasteiger partial charge in [0.05, 0.1) is 23.4 Å². The summed E-state index contributed by atoms with van der Waals surface area (Å²) in [4.78, 5) is 29.1. The summed E-state index contributed by atoms with van der Waals surface area (Å²) < 4.78 is 75.2. The molecule has 0 radical (unpaired) electrons. The van der Waals surface area contributed by atoms with E-state index in [2.05, 4.69) is 5.32 Å². The summed E-state index contributed by atoms with van der Waals surface area (Å²) in [6.45, 7) is 6.52. The number of urea groups is 1. The molecule has 0 bridgehead atoms. The Balaban J connectivity index is 2.45. The zero-order valence-electron chi connectivity index (χ0n) is 21.6. The maximum absolute atomic E-state index is 13.2. The van der Waals surface area contributed by atoms with Gasteiger partial charge in [0.25, 0.3) is 5.91 Å². The van der Waals surface area contributed by atoms with Gasteiger partial charge in [-0.25, -0.2) is 13.2 Å². The third kappa shape index (κ3) is 8.95. The maximum atomic E-state index is 13.2. The van der Waals surface area contributed by atoms with Gasteiger partial charge in [0.2, 0.25) is 10.0 Å². The van der Waals surface area contributed by atoms with Crippen molar-refractivity contribution >= 4 is 27.6 Å². The number of carbonyl (C=O) groups excluding carboxylic acids is 2. The molecule has 0 aromatic heterocycles. The SMILES string of the molecule is CCCNC(=O)N1C[C@@H](C)[C@H](OC)CN(C)C(=O)c2ccc(NS(=O)(=O)CC(F)(F)F)cc2OC[C@@H]1C. The molecule has 3 atom stereocenters. The standard InChI is InChI=1S/C23H35F3N4O6S/c1-6-9-27-22(32)30-11-15(2)20(35-5)12-29(4)21(31)18-8-7-17(10-19(18)36-13-16(30)3)28-37(33,34)14-23(24,25)26/h7-8,10,15-16,20,28H,6,9,11-14H2,1-5H3,(H,27,32)/t15-,16+,20-/m1/s1. The Morgan fingerprint density at radius 2 is 1.92 bits per heavy atom. The fourth-order valence-electron chi connectivity index (χ4n) is 3.88. The Kier molecular flexibility index (Phi) is 10.4. The van der Waals surface area contributed by atoms with Crippen molar-refractivity contribution in [3.8, 4) is 5.75 Å². The zero-order valence-corrected chi connectivity index (χ0v) is 22.4. The number of carbonyl (C=O) groups is 2. The van der Waals surface area contributed by atoms with Crippen LogP contribution in [0.25, 0.3) is 0 Å². The molecule has 1 aromatic carbocycles. The first kappa shape index (κ1) is 30.5. The molecular formula is C23H35F3N4O6S. The highest BCUT2D eigenvalue weighted by atomic mass is 32.2. The molecule has 10 nitrogen and oxygen atoms in total. The van der Waals surface area contributed by atoms with Gasteiger partial charge in [-0.2, -0.15) is 13.2 Å². The molecule has 0 spiro atoms. The van der Waals surface area contributed by atoms with Gasteiger partial charge in [0.1, 0.15) is 12.4 Å². The molecule has 2 N–H and O–H groups in total. The summed E-state index contributed by atoms with van der Waals surface area (Å²) in [7, 11) is -1.66. The second kappa shape index (κ2) is 12.7. The lowest BCUT2D eigenvalue weighted by Crippen LogP contribution is -2.51. The van der Waals surface area contributed by atoms with Gasteiger partial charge in [-0.3, -0.25) is 9.52 Å². The number of benzene rings is 1. The lowest BCUT2D eigenvalue weighted by Gasteiger charge is -2.36. The van der Waals surface area contributed by atoms with Crippen molar-refractivity contribution < 1.29 is 40.7 Å². The van der Waals surface area contributed by atoms with E-state index in [1.807, 2.05) is 18.6 Å². The van der Waals surface area contributed by atoms with E-state index in [0.29, 0.717) is 13.1 Å². The molecule has 0 unspecified atom stereocenters. The number of halogens is 3. The Morgan fingerprint density at radius 1 is 1.24 bits per heavy atom. The second-order valence-electron chi connectivity index (χ2n) is 9.17. The summed E-state index contributed by atoms with van der Waals surface area (Å²) in [5.41, 5.74) is -0.113. The molecule has 1 heterocycles. The first-order valence-electron chi connectivity index (χ1n) is 11.8. The maximum Gasteiger partial charge on any atom is 0.404 e. The Labute approximate surface area is 215 Å². The van der Waals surface area contributed by atoms with Crippen molar-refractivity contribution in [3.05, 3.63) is 23.8 Å². The van der Waals surface area contributed by atoms with E-state index in [1.165, 1.54) is 24.1 Å². The number of nitrogens with one attached hydrogen (secondary N) is 2. The highest BCUT2D eigenvalue weighted by Crippen LogP contribution is 2.28. The lowest BCUT2D eigenvalue weighted by atomic mass is 10.0. The number of methoxy groups -OCH3 is 1. The van der Waals surface area contributed by atoms with Crippen LogP contribution in [0.2, 0.25) is 0 Å². The number of amides is 3. The minimum atomic E-state index is -4.93. The molecule has 3 amide bonds. The summed E-state index contributed by atoms with van der Waals surface area (Å²) in [5.74, 6) is -2.68. The third-order valence-electron chi connectivity index (χ3n) is 5.86. The number of rotatable bonds is 6. The largest absolute Gasteiger partial charge is 0.491 e. The number of ether oxygens (including phenoxy) is 2. The van der Waals surface area contributed by atoms with Crippen LogP contribution in [0.1, 0.15) is 37.6 Å². The Morgan fingerprint density at radius 3 is 2.51 bits per heavy atom. The number of fused-ring (bicyclic) bond motifs is 1. The highest BCUT2D eigenvalue weighted by molar-refractivity contribution is 7.92. The van der Waals surface area contributed by atoms with Gasteiger partial charge in [0, 0.05) is 45.8 Å². The molecular weight excluding hydrogens is 517 g/mol. The van der Waals surface area contributed by atoms with Crippen LogP contribution < -0.4 is 14.8 Å². The van der Waals surface area contributed by atoms with E-state index in [1.54, 1.807) is 18.9 Å². The number of anilines is 1. The van der Waals surface area contributed by atoms with E-state index in [0.717, 1.165) is 12.5 Å². The summed E-state index contributed by atoms with van der Waals surface area (Å²) in [6.07, 6.45) is -4.59. The molecule has 0 saturated heterocycles. The summed E-state index contributed by atoms with van der Waals surface area (Å²) in [6, 6.07) is 2.87. The van der Waals surface area contributed by atoms with Crippen LogP contribution in [0.4, 0.5) is 23.7 Å². The van der Waals surface area contributed by atoms with Crippen LogP contribution >= 0.6 is 0 Å². The quantitative estimate of drug-likeness (QED) is 0.561. The fourth-order valence-corrected chi connectivity index (χ4v) is 4.87. The highest BCUT2D eigenvalue weighted by Gasteiger charge is 2.35. The fraction of sp³-hybridized carbons (Fsp3) is 0.652. The average Bonchev–Trinajstić information content (AvgIpc) is 2.79. The number of sulfonamides is 1.